The van der Waals surface area contributed by atoms with Gasteiger partial charge in [-0.1, -0.05) is 12.2 Å². The third kappa shape index (κ3) is 3.63. The molecule has 0 saturated heterocycles. The van der Waals surface area contributed by atoms with Gasteiger partial charge in [-0.15, -0.1) is 0 Å². The van der Waals surface area contributed by atoms with Gasteiger partial charge in [-0.05, 0) is 0 Å². The Hall–Kier alpha value is -0.370. The molecule has 0 aliphatic carbocycles. The molecule has 0 amide bonds. The number of rotatable bonds is 2. The predicted molar refractivity (Wildman–Crippen MR) is 22.2 cm³/mol. The van der Waals surface area contributed by atoms with Crippen LogP contribution in [0.15, 0.2) is 12.2 Å². The molecule has 36 valence electrons. The Kier molecular flexibility index (Phi) is 4.34. The van der Waals surface area contributed by atoms with E-state index in [1.165, 1.54) is 12.2 Å². The summed E-state index contributed by atoms with van der Waals surface area (Å²) in [7, 11) is 0. The van der Waals surface area contributed by atoms with Crippen molar-refractivity contribution in [3.63, 3.8) is 0 Å². The molecular formula is C4H7FO. The van der Waals surface area contributed by atoms with E-state index in [9.17, 15) is 4.39 Å². The van der Waals surface area contributed by atoms with E-state index in [0.717, 1.165) is 0 Å². The van der Waals surface area contributed by atoms with Gasteiger partial charge in [0.15, 0.2) is 0 Å². The number of hydrogen-bond donors (Lipinski definition) is 1. The fourth-order valence-electron chi connectivity index (χ4n) is 0.138. The van der Waals surface area contributed by atoms with Crippen LogP contribution >= 0.6 is 0 Å². The molecule has 0 heterocycles. The number of alkyl halides is 1. The molecule has 0 aromatic carbocycles. The normalized spacial score (nSPS) is 10.3. The lowest BCUT2D eigenvalue weighted by atomic mass is 10.5. The molecule has 2 heteroatoms. The van der Waals surface area contributed by atoms with Crippen molar-refractivity contribution in [2.75, 3.05) is 13.3 Å². The Balaban J connectivity index is 2.73. The average molecular weight is 90.1 g/mol. The molecule has 0 rings (SSSR count). The van der Waals surface area contributed by atoms with E-state index in [0.29, 0.717) is 0 Å². The summed E-state index contributed by atoms with van der Waals surface area (Å²) >= 11 is 0. The summed E-state index contributed by atoms with van der Waals surface area (Å²) in [6, 6.07) is 0. The van der Waals surface area contributed by atoms with Gasteiger partial charge in [-0.2, -0.15) is 0 Å². The minimum atomic E-state index is -0.486. The highest BCUT2D eigenvalue weighted by molar-refractivity contribution is 4.79. The Bertz CT molecular complexity index is 36.8. The number of halogens is 1. The van der Waals surface area contributed by atoms with Crippen molar-refractivity contribution in [1.29, 1.82) is 0 Å². The second-order valence-corrected chi connectivity index (χ2v) is 0.808. The first-order chi connectivity index (χ1) is 2.91. The Morgan fingerprint density at radius 1 is 1.50 bits per heavy atom. The molecule has 0 spiro atoms. The van der Waals surface area contributed by atoms with Crippen LogP contribution in [0.3, 0.4) is 0 Å². The van der Waals surface area contributed by atoms with E-state index >= 15 is 0 Å². The van der Waals surface area contributed by atoms with Crippen molar-refractivity contribution in [2.24, 2.45) is 0 Å². The van der Waals surface area contributed by atoms with E-state index in [-0.39, 0.29) is 6.61 Å². The lowest BCUT2D eigenvalue weighted by molar-refractivity contribution is 0.342. The molecule has 0 aliphatic heterocycles. The Labute approximate surface area is 36.1 Å². The van der Waals surface area contributed by atoms with Gasteiger partial charge in [0.05, 0.1) is 6.61 Å². The molecule has 0 radical (unpaired) electrons. The maximum absolute atomic E-state index is 11.0. The van der Waals surface area contributed by atoms with Crippen LogP contribution in [-0.4, -0.2) is 18.4 Å². The first kappa shape index (κ1) is 5.63. The summed E-state index contributed by atoms with van der Waals surface area (Å²) in [5, 5.41) is 7.94. The van der Waals surface area contributed by atoms with Gasteiger partial charge in [0.25, 0.3) is 0 Å². The van der Waals surface area contributed by atoms with Gasteiger partial charge >= 0.3 is 0 Å². The maximum atomic E-state index is 11.0. The van der Waals surface area contributed by atoms with Crippen molar-refractivity contribution >= 4 is 0 Å². The number of allylic oxidation sites excluding steroid dienone is 1. The van der Waals surface area contributed by atoms with Crippen LogP contribution < -0.4 is 0 Å². The quantitative estimate of drug-likeness (QED) is 0.489. The zero-order chi connectivity index (χ0) is 4.83. The molecule has 0 atom stereocenters. The SMILES string of the molecule is OC/C=C\CF. The number of aliphatic hydroxyl groups is 1. The molecule has 0 saturated carbocycles. The molecule has 0 aromatic heterocycles. The lowest BCUT2D eigenvalue weighted by Crippen LogP contribution is -1.70. The van der Waals surface area contributed by atoms with Crippen LogP contribution in [0, 0.1) is 0 Å². The van der Waals surface area contributed by atoms with Crippen LogP contribution in [-0.2, 0) is 0 Å². The zero-order valence-electron chi connectivity index (χ0n) is 3.39. The molecular weight excluding hydrogens is 83.0 g/mol. The van der Waals surface area contributed by atoms with Gasteiger partial charge in [0, 0.05) is 0 Å². The highest BCUT2D eigenvalue weighted by Gasteiger charge is 1.63. The van der Waals surface area contributed by atoms with Gasteiger partial charge in [0.2, 0.25) is 0 Å². The molecule has 1 nitrogen and oxygen atoms in total. The summed E-state index contributed by atoms with van der Waals surface area (Å²) in [6.07, 6.45) is 2.62. The third-order valence-corrected chi connectivity index (χ3v) is 0.361. The Morgan fingerprint density at radius 2 is 2.17 bits per heavy atom. The van der Waals surface area contributed by atoms with E-state index in [4.69, 9.17) is 5.11 Å². The van der Waals surface area contributed by atoms with Crippen LogP contribution in [0.1, 0.15) is 0 Å². The fourth-order valence-corrected chi connectivity index (χ4v) is 0.138. The summed E-state index contributed by atoms with van der Waals surface area (Å²) in [5.74, 6) is 0. The molecule has 0 aliphatic rings. The van der Waals surface area contributed by atoms with Crippen molar-refractivity contribution in [2.45, 2.75) is 0 Å². The first-order valence-electron chi connectivity index (χ1n) is 1.73. The molecule has 6 heavy (non-hydrogen) atoms. The van der Waals surface area contributed by atoms with Crippen LogP contribution in [0.25, 0.3) is 0 Å². The summed E-state index contributed by atoms with van der Waals surface area (Å²) < 4.78 is 11.0. The third-order valence-electron chi connectivity index (χ3n) is 0.361. The Morgan fingerprint density at radius 3 is 2.33 bits per heavy atom. The fraction of sp³-hybridized carbons (Fsp3) is 0.500. The molecule has 0 bridgehead atoms. The topological polar surface area (TPSA) is 20.2 Å². The largest absolute Gasteiger partial charge is 0.392 e. The summed E-state index contributed by atoms with van der Waals surface area (Å²) in [4.78, 5) is 0. The smallest absolute Gasteiger partial charge is 0.108 e. The standard InChI is InChI=1S/C4H7FO/c5-3-1-2-4-6/h1-2,6H,3-4H2/b2-1-. The minimum Gasteiger partial charge on any atom is -0.392 e. The maximum Gasteiger partial charge on any atom is 0.108 e. The van der Waals surface area contributed by atoms with E-state index < -0.39 is 6.67 Å². The molecule has 0 unspecified atom stereocenters. The highest BCUT2D eigenvalue weighted by Crippen LogP contribution is 1.69. The van der Waals surface area contributed by atoms with Gasteiger partial charge in [0.1, 0.15) is 6.67 Å². The van der Waals surface area contributed by atoms with E-state index in [2.05, 4.69) is 0 Å². The van der Waals surface area contributed by atoms with Gasteiger partial charge < -0.3 is 5.11 Å². The van der Waals surface area contributed by atoms with Crippen LogP contribution in [0.2, 0.25) is 0 Å². The van der Waals surface area contributed by atoms with E-state index in [1.807, 2.05) is 0 Å². The lowest BCUT2D eigenvalue weighted by Gasteiger charge is -1.71. The van der Waals surface area contributed by atoms with Gasteiger partial charge in [-0.3, -0.25) is 0 Å². The van der Waals surface area contributed by atoms with E-state index in [1.54, 1.807) is 0 Å². The first-order valence-corrected chi connectivity index (χ1v) is 1.73. The average Bonchev–Trinajstić information content (AvgIpc) is 1.61. The van der Waals surface area contributed by atoms with Crippen molar-refractivity contribution in [1.82, 2.24) is 0 Å². The van der Waals surface area contributed by atoms with Gasteiger partial charge in [-0.25, -0.2) is 4.39 Å². The van der Waals surface area contributed by atoms with Crippen molar-refractivity contribution < 1.29 is 9.50 Å². The summed E-state index contributed by atoms with van der Waals surface area (Å²) in [5.41, 5.74) is 0. The van der Waals surface area contributed by atoms with Crippen LogP contribution in [0.5, 0.6) is 0 Å². The van der Waals surface area contributed by atoms with Crippen LogP contribution in [0.4, 0.5) is 4.39 Å². The molecule has 0 fully saturated rings. The number of aliphatic hydroxyl groups excluding tert-OH is 1. The molecule has 1 N–H and O–H groups in total. The summed E-state index contributed by atoms with van der Waals surface area (Å²) in [6.45, 7) is -0.551. The molecule has 0 aromatic rings. The minimum absolute atomic E-state index is 0.0656. The number of hydrogen-bond acceptors (Lipinski definition) is 1. The van der Waals surface area contributed by atoms with Crippen molar-refractivity contribution in [3.05, 3.63) is 12.2 Å². The zero-order valence-corrected chi connectivity index (χ0v) is 3.39. The highest BCUT2D eigenvalue weighted by atomic mass is 19.1. The second kappa shape index (κ2) is 4.63. The predicted octanol–water partition coefficient (Wildman–Crippen LogP) is 0.504. The second-order valence-electron chi connectivity index (χ2n) is 0.808. The van der Waals surface area contributed by atoms with Crippen molar-refractivity contribution in [3.8, 4) is 0 Å². The monoisotopic (exact) mass is 90.0 g/mol.